The summed E-state index contributed by atoms with van der Waals surface area (Å²) >= 11 is 0. The number of nitrogens with one attached hydrogen (secondary N) is 1. The number of rotatable bonds is 6. The molecule has 0 radical (unpaired) electrons. The molecule has 6 N–H and O–H groups in total. The molecule has 8 nitrogen and oxygen atoms in total. The summed E-state index contributed by atoms with van der Waals surface area (Å²) in [5.74, 6) is -0.0789. The monoisotopic (exact) mass is 505 g/mol. The van der Waals surface area contributed by atoms with E-state index in [1.807, 2.05) is 0 Å². The Bertz CT molecular complexity index is 768. The zero-order chi connectivity index (χ0) is 24.1. The predicted octanol–water partition coefficient (Wildman–Crippen LogP) is -2.59. The van der Waals surface area contributed by atoms with E-state index >= 15 is 0 Å². The van der Waals surface area contributed by atoms with Crippen molar-refractivity contribution in [3.63, 3.8) is 0 Å². The van der Waals surface area contributed by atoms with Crippen LogP contribution >= 0.6 is 0 Å². The number of aliphatic carboxylic acids is 1. The smallest absolute Gasteiger partial charge is 0.548 e. The van der Waals surface area contributed by atoms with Gasteiger partial charge in [-0.2, -0.15) is 0 Å². The van der Waals surface area contributed by atoms with E-state index in [4.69, 9.17) is 0 Å². The standard InChI is InChI=1S/C26H43NO6.Na.H2O/c1-14(4-7-22(31)27-13-23(32)33)17-5-6-18-24-19(12-21(30)26(17,18)3)25(2)9-8-16(28)10-15(25)11-20(24)29;;/h14-21,24,28-30H,4-13H2,1-3H3,(H,27,31)(H,32,33);;1H2/q;+1;/p-1/t14?,15?,16?,17?,18?,19?,20?,21?,24?,25-,26+;;/m0../s1. The Kier molecular flexibility index (Phi) is 10.3. The molecule has 196 valence electrons. The molecule has 35 heavy (non-hydrogen) atoms. The van der Waals surface area contributed by atoms with E-state index in [2.05, 4.69) is 26.1 Å². The molecule has 11 atom stereocenters. The molecule has 1 amide bonds. The topological polar surface area (TPSA) is 161 Å². The van der Waals surface area contributed by atoms with Gasteiger partial charge in [-0.3, -0.25) is 4.79 Å². The first-order valence-electron chi connectivity index (χ1n) is 13.0. The first-order chi connectivity index (χ1) is 15.5. The minimum absolute atomic E-state index is 0. The zero-order valence-electron chi connectivity index (χ0n) is 21.8. The van der Waals surface area contributed by atoms with Crippen LogP contribution in [0.2, 0.25) is 0 Å². The minimum atomic E-state index is -1.29. The van der Waals surface area contributed by atoms with E-state index in [0.29, 0.717) is 18.8 Å². The van der Waals surface area contributed by atoms with Crippen LogP contribution in [-0.4, -0.2) is 57.5 Å². The molecule has 9 unspecified atom stereocenters. The SMILES string of the molecule is CC(CCC(=O)NCC(=O)[O-])C1CCC2C3C(O)CC4CC(O)CC[C@]4(C)C3CC(O)[C@]12C.O.[Na+]. The molecular weight excluding hydrogens is 461 g/mol. The van der Waals surface area contributed by atoms with E-state index in [1.54, 1.807) is 0 Å². The molecular formula is C26H44NNaO7. The number of aliphatic hydroxyl groups excluding tert-OH is 3. The van der Waals surface area contributed by atoms with E-state index in [-0.39, 0.29) is 100.0 Å². The maximum atomic E-state index is 12.0. The molecule has 0 aromatic rings. The van der Waals surface area contributed by atoms with Gasteiger partial charge in [-0.05, 0) is 97.7 Å². The summed E-state index contributed by atoms with van der Waals surface area (Å²) in [6.45, 7) is 6.21. The number of carboxylic acids is 1. The second-order valence-electron chi connectivity index (χ2n) is 12.2. The summed E-state index contributed by atoms with van der Waals surface area (Å²) in [5.41, 5.74) is -0.230. The van der Waals surface area contributed by atoms with Gasteiger partial charge in [-0.15, -0.1) is 0 Å². The summed E-state index contributed by atoms with van der Waals surface area (Å²) < 4.78 is 0. The molecule has 4 aliphatic rings. The van der Waals surface area contributed by atoms with Crippen LogP contribution in [0.15, 0.2) is 0 Å². The molecule has 0 heterocycles. The fraction of sp³-hybridized carbons (Fsp3) is 0.923. The van der Waals surface area contributed by atoms with Gasteiger partial charge in [0, 0.05) is 6.42 Å². The van der Waals surface area contributed by atoms with Crippen molar-refractivity contribution >= 4 is 11.9 Å². The molecule has 0 spiro atoms. The second-order valence-corrected chi connectivity index (χ2v) is 12.2. The summed E-state index contributed by atoms with van der Waals surface area (Å²) in [6, 6.07) is 0. The van der Waals surface area contributed by atoms with E-state index in [9.17, 15) is 30.0 Å². The van der Waals surface area contributed by atoms with E-state index < -0.39 is 18.6 Å². The third kappa shape index (κ3) is 5.50. The Hall–Kier alpha value is -0.220. The molecule has 4 saturated carbocycles. The van der Waals surface area contributed by atoms with Crippen molar-refractivity contribution < 1.29 is 65.0 Å². The van der Waals surface area contributed by atoms with Gasteiger partial charge < -0.3 is 36.0 Å². The van der Waals surface area contributed by atoms with Gasteiger partial charge in [0.2, 0.25) is 5.91 Å². The van der Waals surface area contributed by atoms with Crippen LogP contribution in [0.3, 0.4) is 0 Å². The molecule has 9 heteroatoms. The van der Waals surface area contributed by atoms with Crippen LogP contribution in [-0.2, 0) is 9.59 Å². The molecule has 0 aliphatic heterocycles. The summed E-state index contributed by atoms with van der Waals surface area (Å²) in [6.07, 6.45) is 5.75. The molecule has 4 aliphatic carbocycles. The van der Waals surface area contributed by atoms with Crippen molar-refractivity contribution in [2.75, 3.05) is 6.54 Å². The number of hydrogen-bond donors (Lipinski definition) is 4. The third-order valence-electron chi connectivity index (χ3n) is 10.8. The Morgan fingerprint density at radius 1 is 1.06 bits per heavy atom. The van der Waals surface area contributed by atoms with Crippen LogP contribution in [0.4, 0.5) is 0 Å². The average Bonchev–Trinajstić information content (AvgIpc) is 3.11. The largest absolute Gasteiger partial charge is 1.00 e. The maximum absolute atomic E-state index is 12.0. The van der Waals surface area contributed by atoms with Crippen LogP contribution in [0, 0.1) is 46.3 Å². The fourth-order valence-corrected chi connectivity index (χ4v) is 8.95. The Morgan fingerprint density at radius 3 is 2.40 bits per heavy atom. The number of fused-ring (bicyclic) bond motifs is 5. The van der Waals surface area contributed by atoms with E-state index in [1.165, 1.54) is 0 Å². The minimum Gasteiger partial charge on any atom is -0.548 e. The van der Waals surface area contributed by atoms with Crippen molar-refractivity contribution in [1.29, 1.82) is 0 Å². The molecule has 4 fully saturated rings. The van der Waals surface area contributed by atoms with Gasteiger partial charge in [0.1, 0.15) is 0 Å². The van der Waals surface area contributed by atoms with Crippen molar-refractivity contribution in [2.45, 2.75) is 96.9 Å². The average molecular weight is 506 g/mol. The Balaban J connectivity index is 0.00000216. The molecule has 0 saturated heterocycles. The van der Waals surface area contributed by atoms with Crippen LogP contribution in [0.1, 0.15) is 78.6 Å². The predicted molar refractivity (Wildman–Crippen MR) is 124 cm³/mol. The number of amides is 1. The second kappa shape index (κ2) is 11.7. The first-order valence-corrected chi connectivity index (χ1v) is 13.0. The maximum Gasteiger partial charge on any atom is 1.00 e. The number of aliphatic hydroxyl groups is 3. The Morgan fingerprint density at radius 2 is 1.74 bits per heavy atom. The molecule has 0 bridgehead atoms. The number of carbonyl (C=O) groups is 2. The normalized spacial score (nSPS) is 45.0. The zero-order valence-corrected chi connectivity index (χ0v) is 23.8. The summed E-state index contributed by atoms with van der Waals surface area (Å²) in [5, 5.41) is 46.1. The Labute approximate surface area is 231 Å². The van der Waals surface area contributed by atoms with Crippen LogP contribution in [0.5, 0.6) is 0 Å². The fourth-order valence-electron chi connectivity index (χ4n) is 8.95. The van der Waals surface area contributed by atoms with Crippen LogP contribution < -0.4 is 40.0 Å². The van der Waals surface area contributed by atoms with Crippen molar-refractivity contribution in [3.05, 3.63) is 0 Å². The van der Waals surface area contributed by atoms with Gasteiger partial charge >= 0.3 is 29.6 Å². The van der Waals surface area contributed by atoms with Gasteiger partial charge in [-0.1, -0.05) is 20.8 Å². The van der Waals surface area contributed by atoms with Crippen LogP contribution in [0.25, 0.3) is 0 Å². The molecule has 0 aromatic carbocycles. The summed E-state index contributed by atoms with van der Waals surface area (Å²) in [7, 11) is 0. The van der Waals surface area contributed by atoms with Crippen molar-refractivity contribution in [3.8, 4) is 0 Å². The number of carboxylic acid groups (broad SMARTS) is 1. The van der Waals surface area contributed by atoms with Gasteiger partial charge in [0.25, 0.3) is 0 Å². The van der Waals surface area contributed by atoms with Crippen molar-refractivity contribution in [2.24, 2.45) is 46.3 Å². The summed E-state index contributed by atoms with van der Waals surface area (Å²) in [4.78, 5) is 22.6. The number of hydrogen-bond acceptors (Lipinski definition) is 6. The molecule has 4 rings (SSSR count). The van der Waals surface area contributed by atoms with E-state index in [0.717, 1.165) is 38.5 Å². The van der Waals surface area contributed by atoms with Crippen molar-refractivity contribution in [1.82, 2.24) is 5.32 Å². The molecule has 0 aromatic heterocycles. The number of carbonyl (C=O) groups excluding carboxylic acids is 2. The first kappa shape index (κ1) is 31.0. The van der Waals surface area contributed by atoms with Gasteiger partial charge in [0.15, 0.2) is 0 Å². The quantitative estimate of drug-likeness (QED) is 0.290. The van der Waals surface area contributed by atoms with Gasteiger partial charge in [-0.25, -0.2) is 0 Å². The van der Waals surface area contributed by atoms with Gasteiger partial charge in [0.05, 0.1) is 30.8 Å². The third-order valence-corrected chi connectivity index (χ3v) is 10.8.